The highest BCUT2D eigenvalue weighted by molar-refractivity contribution is 4.91. The molecule has 1 aliphatic carbocycles. The van der Waals surface area contributed by atoms with Gasteiger partial charge in [-0.2, -0.15) is 0 Å². The first-order valence-electron chi connectivity index (χ1n) is 5.80. The fourth-order valence-electron chi connectivity index (χ4n) is 2.79. The van der Waals surface area contributed by atoms with E-state index in [0.717, 1.165) is 25.7 Å². The molecule has 0 spiro atoms. The lowest BCUT2D eigenvalue weighted by atomic mass is 9.68. The summed E-state index contributed by atoms with van der Waals surface area (Å²) in [5.41, 5.74) is 6.06. The summed E-state index contributed by atoms with van der Waals surface area (Å²) in [4.78, 5) is 0. The van der Waals surface area contributed by atoms with Gasteiger partial charge in [0.25, 0.3) is 0 Å². The summed E-state index contributed by atoms with van der Waals surface area (Å²) in [5, 5.41) is 0. The molecule has 3 nitrogen and oxygen atoms in total. The van der Waals surface area contributed by atoms with E-state index in [9.17, 15) is 0 Å². The van der Waals surface area contributed by atoms with E-state index in [2.05, 4.69) is 13.8 Å². The summed E-state index contributed by atoms with van der Waals surface area (Å²) in [6, 6.07) is 0. The molecule has 1 atom stereocenters. The highest BCUT2D eigenvalue weighted by atomic mass is 16.7. The molecule has 0 aromatic rings. The van der Waals surface area contributed by atoms with E-state index < -0.39 is 5.79 Å². The number of hydrogen-bond donors (Lipinski definition) is 1. The van der Waals surface area contributed by atoms with Gasteiger partial charge < -0.3 is 15.2 Å². The third-order valence-electron chi connectivity index (χ3n) is 3.78. The van der Waals surface area contributed by atoms with Crippen molar-refractivity contribution in [1.82, 2.24) is 0 Å². The molecule has 1 rings (SSSR count). The lowest BCUT2D eigenvalue weighted by Gasteiger charge is -2.47. The fraction of sp³-hybridized carbons (Fsp3) is 1.00. The molecule has 1 unspecified atom stereocenters. The fourth-order valence-corrected chi connectivity index (χ4v) is 2.79. The van der Waals surface area contributed by atoms with Crippen LogP contribution in [0.25, 0.3) is 0 Å². The standard InChI is InChI=1S/C12H25NO2/c1-11(2)6-7-12(14-3,15-4)10(9-11)5-8-13/h10H,5-9,13H2,1-4H3. The smallest absolute Gasteiger partial charge is 0.170 e. The first-order valence-corrected chi connectivity index (χ1v) is 5.80. The van der Waals surface area contributed by atoms with Crippen LogP contribution >= 0.6 is 0 Å². The molecule has 1 aliphatic rings. The number of nitrogens with two attached hydrogens (primary N) is 1. The van der Waals surface area contributed by atoms with Crippen LogP contribution in [0.1, 0.15) is 39.5 Å². The lowest BCUT2D eigenvalue weighted by molar-refractivity contribution is -0.265. The van der Waals surface area contributed by atoms with Crippen LogP contribution in [-0.4, -0.2) is 26.6 Å². The minimum Gasteiger partial charge on any atom is -0.353 e. The summed E-state index contributed by atoms with van der Waals surface area (Å²) >= 11 is 0. The molecular weight excluding hydrogens is 190 g/mol. The van der Waals surface area contributed by atoms with Gasteiger partial charge >= 0.3 is 0 Å². The minimum atomic E-state index is -0.394. The maximum Gasteiger partial charge on any atom is 0.170 e. The van der Waals surface area contributed by atoms with Crippen molar-refractivity contribution in [2.45, 2.75) is 45.3 Å². The van der Waals surface area contributed by atoms with Gasteiger partial charge in [0, 0.05) is 26.6 Å². The Hall–Kier alpha value is -0.120. The Labute approximate surface area is 93.3 Å². The molecule has 1 saturated carbocycles. The average Bonchev–Trinajstić information content (AvgIpc) is 2.19. The second-order valence-electron chi connectivity index (χ2n) is 5.36. The molecule has 3 heteroatoms. The zero-order valence-corrected chi connectivity index (χ0v) is 10.5. The summed E-state index contributed by atoms with van der Waals surface area (Å²) < 4.78 is 11.2. The molecule has 15 heavy (non-hydrogen) atoms. The molecule has 2 N–H and O–H groups in total. The molecule has 0 aliphatic heterocycles. The van der Waals surface area contributed by atoms with Crippen molar-refractivity contribution < 1.29 is 9.47 Å². The second-order valence-corrected chi connectivity index (χ2v) is 5.36. The Kier molecular flexibility index (Phi) is 4.15. The lowest BCUT2D eigenvalue weighted by Crippen LogP contribution is -2.48. The van der Waals surface area contributed by atoms with E-state index in [1.165, 1.54) is 0 Å². The molecule has 1 fully saturated rings. The maximum absolute atomic E-state index is 5.67. The molecule has 90 valence electrons. The van der Waals surface area contributed by atoms with Crippen LogP contribution in [0.2, 0.25) is 0 Å². The SMILES string of the molecule is COC1(OC)CCC(C)(C)CC1CCN. The Morgan fingerprint density at radius 2 is 1.80 bits per heavy atom. The average molecular weight is 215 g/mol. The first kappa shape index (κ1) is 12.9. The van der Waals surface area contributed by atoms with Crippen LogP contribution in [0.15, 0.2) is 0 Å². The van der Waals surface area contributed by atoms with Gasteiger partial charge in [0.1, 0.15) is 0 Å². The van der Waals surface area contributed by atoms with Crippen molar-refractivity contribution in [2.24, 2.45) is 17.1 Å². The quantitative estimate of drug-likeness (QED) is 0.731. The van der Waals surface area contributed by atoms with Crippen molar-refractivity contribution in [1.29, 1.82) is 0 Å². The number of ether oxygens (including phenoxy) is 2. The molecular formula is C12H25NO2. The predicted molar refractivity (Wildman–Crippen MR) is 61.5 cm³/mol. The zero-order chi connectivity index (χ0) is 11.5. The zero-order valence-electron chi connectivity index (χ0n) is 10.5. The molecule has 0 radical (unpaired) electrons. The van der Waals surface area contributed by atoms with Crippen LogP contribution in [-0.2, 0) is 9.47 Å². The van der Waals surface area contributed by atoms with Gasteiger partial charge in [-0.15, -0.1) is 0 Å². The Morgan fingerprint density at radius 3 is 2.27 bits per heavy atom. The summed E-state index contributed by atoms with van der Waals surface area (Å²) in [6.07, 6.45) is 4.23. The van der Waals surface area contributed by atoms with Crippen molar-refractivity contribution >= 4 is 0 Å². The summed E-state index contributed by atoms with van der Waals surface area (Å²) in [5.74, 6) is 0.0239. The number of rotatable bonds is 4. The van der Waals surface area contributed by atoms with Gasteiger partial charge in [-0.05, 0) is 31.2 Å². The molecule has 0 aromatic heterocycles. The van der Waals surface area contributed by atoms with Crippen LogP contribution in [0, 0.1) is 11.3 Å². The monoisotopic (exact) mass is 215 g/mol. The molecule has 0 amide bonds. The third kappa shape index (κ3) is 2.71. The Morgan fingerprint density at radius 1 is 1.20 bits per heavy atom. The maximum atomic E-state index is 5.67. The Bertz CT molecular complexity index is 200. The molecule has 0 aromatic carbocycles. The van der Waals surface area contributed by atoms with E-state index in [4.69, 9.17) is 15.2 Å². The normalized spacial score (nSPS) is 29.0. The number of hydrogen-bond acceptors (Lipinski definition) is 3. The topological polar surface area (TPSA) is 44.5 Å². The van der Waals surface area contributed by atoms with E-state index in [1.807, 2.05) is 0 Å². The highest BCUT2D eigenvalue weighted by Crippen LogP contribution is 2.47. The van der Waals surface area contributed by atoms with Crippen LogP contribution < -0.4 is 5.73 Å². The van der Waals surface area contributed by atoms with Gasteiger partial charge in [0.2, 0.25) is 0 Å². The van der Waals surface area contributed by atoms with Crippen molar-refractivity contribution in [3.8, 4) is 0 Å². The number of methoxy groups -OCH3 is 2. The predicted octanol–water partition coefficient (Wildman–Crippen LogP) is 2.15. The van der Waals surface area contributed by atoms with Gasteiger partial charge in [-0.1, -0.05) is 13.8 Å². The van der Waals surface area contributed by atoms with Gasteiger partial charge in [-0.3, -0.25) is 0 Å². The summed E-state index contributed by atoms with van der Waals surface area (Å²) in [7, 11) is 3.48. The third-order valence-corrected chi connectivity index (χ3v) is 3.78. The van der Waals surface area contributed by atoms with E-state index in [-0.39, 0.29) is 0 Å². The minimum absolute atomic E-state index is 0.389. The van der Waals surface area contributed by atoms with Crippen LogP contribution in [0.4, 0.5) is 0 Å². The van der Waals surface area contributed by atoms with Crippen LogP contribution in [0.5, 0.6) is 0 Å². The Balaban J connectivity index is 2.79. The van der Waals surface area contributed by atoms with Crippen molar-refractivity contribution in [2.75, 3.05) is 20.8 Å². The highest BCUT2D eigenvalue weighted by Gasteiger charge is 2.46. The first-order chi connectivity index (χ1) is 6.99. The van der Waals surface area contributed by atoms with Crippen LogP contribution in [0.3, 0.4) is 0 Å². The van der Waals surface area contributed by atoms with Gasteiger partial charge in [-0.25, -0.2) is 0 Å². The van der Waals surface area contributed by atoms with E-state index in [1.54, 1.807) is 14.2 Å². The van der Waals surface area contributed by atoms with E-state index >= 15 is 0 Å². The molecule has 0 heterocycles. The van der Waals surface area contributed by atoms with E-state index in [0.29, 0.717) is 17.9 Å². The largest absolute Gasteiger partial charge is 0.353 e. The van der Waals surface area contributed by atoms with Gasteiger partial charge in [0.05, 0.1) is 0 Å². The van der Waals surface area contributed by atoms with Crippen molar-refractivity contribution in [3.05, 3.63) is 0 Å². The van der Waals surface area contributed by atoms with Gasteiger partial charge in [0.15, 0.2) is 5.79 Å². The molecule has 0 bridgehead atoms. The van der Waals surface area contributed by atoms with Crippen molar-refractivity contribution in [3.63, 3.8) is 0 Å². The second kappa shape index (κ2) is 4.81. The molecule has 0 saturated heterocycles. The summed E-state index contributed by atoms with van der Waals surface area (Å²) in [6.45, 7) is 5.33.